The molecule has 0 radical (unpaired) electrons. The van der Waals surface area contributed by atoms with Crippen LogP contribution in [0.4, 0.5) is 0 Å². The molecule has 1 unspecified atom stereocenters. The van der Waals surface area contributed by atoms with Crippen molar-refractivity contribution in [2.45, 2.75) is 297 Å². The number of rotatable bonds is 53. The number of ether oxygens (including phenoxy) is 3. The van der Waals surface area contributed by atoms with E-state index in [1.165, 1.54) is 148 Å². The second kappa shape index (κ2) is 57.4. The van der Waals surface area contributed by atoms with Gasteiger partial charge in [0, 0.05) is 19.3 Å². The van der Waals surface area contributed by atoms with Crippen LogP contribution in [0.15, 0.2) is 72.9 Å². The molecule has 0 spiro atoms. The molecule has 0 aromatic carbocycles. The number of carbonyl (C=O) groups is 3. The van der Waals surface area contributed by atoms with E-state index in [4.69, 9.17) is 14.2 Å². The molecule has 0 aromatic heterocycles. The zero-order chi connectivity index (χ0) is 50.0. The fourth-order valence-electron chi connectivity index (χ4n) is 8.29. The standard InChI is InChI=1S/C63H110O6/c1-4-7-10-13-16-19-22-25-27-29-31-33-35-38-41-44-47-50-53-56-62(65)68-59-60(58-67-61(64)55-52-49-46-43-40-37-24-21-18-15-12-9-6-3)69-63(66)57-54-51-48-45-42-39-36-34-32-30-28-26-23-20-17-14-11-8-5-2/h9,12,16,18-19,21,25,27,31,33,37,40,60H,4-8,10-11,13-15,17,20,22-24,26,28-30,32,34-36,38-39,41-59H2,1-3H3/b12-9-,19-16-,21-18-,27-25-,33-31-,40-37-. The average molecular weight is 964 g/mol. The van der Waals surface area contributed by atoms with Crippen LogP contribution >= 0.6 is 0 Å². The second-order valence-corrected chi connectivity index (χ2v) is 19.5. The summed E-state index contributed by atoms with van der Waals surface area (Å²) in [4.78, 5) is 38.2. The topological polar surface area (TPSA) is 78.9 Å². The number of allylic oxidation sites excluding steroid dienone is 12. The molecule has 0 aliphatic carbocycles. The van der Waals surface area contributed by atoms with Crippen molar-refractivity contribution in [2.75, 3.05) is 13.2 Å². The molecule has 0 rings (SSSR count). The van der Waals surface area contributed by atoms with Crippen molar-refractivity contribution < 1.29 is 28.6 Å². The van der Waals surface area contributed by atoms with Gasteiger partial charge < -0.3 is 14.2 Å². The van der Waals surface area contributed by atoms with Gasteiger partial charge in [-0.15, -0.1) is 0 Å². The van der Waals surface area contributed by atoms with Gasteiger partial charge in [-0.25, -0.2) is 0 Å². The third kappa shape index (κ3) is 55.6. The normalized spacial score (nSPS) is 12.6. The lowest BCUT2D eigenvalue weighted by Gasteiger charge is -2.18. The van der Waals surface area contributed by atoms with Gasteiger partial charge in [-0.05, 0) is 89.9 Å². The van der Waals surface area contributed by atoms with E-state index in [0.717, 1.165) is 103 Å². The number of hydrogen-bond acceptors (Lipinski definition) is 6. The van der Waals surface area contributed by atoms with Gasteiger partial charge in [-0.3, -0.25) is 14.4 Å². The first-order chi connectivity index (χ1) is 34.0. The van der Waals surface area contributed by atoms with Crippen LogP contribution in [0.1, 0.15) is 290 Å². The van der Waals surface area contributed by atoms with E-state index in [-0.39, 0.29) is 31.1 Å². The van der Waals surface area contributed by atoms with Gasteiger partial charge >= 0.3 is 17.9 Å². The van der Waals surface area contributed by atoms with Crippen molar-refractivity contribution in [2.24, 2.45) is 0 Å². The first-order valence-electron chi connectivity index (χ1n) is 29.4. The van der Waals surface area contributed by atoms with Crippen LogP contribution in [0, 0.1) is 0 Å². The summed E-state index contributed by atoms with van der Waals surface area (Å²) in [7, 11) is 0. The summed E-state index contributed by atoms with van der Waals surface area (Å²) >= 11 is 0. The highest BCUT2D eigenvalue weighted by Gasteiger charge is 2.19. The van der Waals surface area contributed by atoms with E-state index >= 15 is 0 Å². The van der Waals surface area contributed by atoms with Crippen molar-refractivity contribution in [3.63, 3.8) is 0 Å². The molecule has 0 fully saturated rings. The number of esters is 3. The van der Waals surface area contributed by atoms with Crippen molar-refractivity contribution in [3.8, 4) is 0 Å². The Morgan fingerprint density at radius 2 is 0.565 bits per heavy atom. The molecule has 69 heavy (non-hydrogen) atoms. The highest BCUT2D eigenvalue weighted by atomic mass is 16.6. The van der Waals surface area contributed by atoms with Crippen molar-refractivity contribution in [1.82, 2.24) is 0 Å². The molecule has 398 valence electrons. The Bertz CT molecular complexity index is 1290. The largest absolute Gasteiger partial charge is 0.462 e. The molecule has 0 aliphatic heterocycles. The van der Waals surface area contributed by atoms with Crippen LogP contribution in [0.3, 0.4) is 0 Å². The Morgan fingerprint density at radius 1 is 0.304 bits per heavy atom. The lowest BCUT2D eigenvalue weighted by molar-refractivity contribution is -0.167. The number of carbonyl (C=O) groups excluding carboxylic acids is 3. The molecule has 0 aliphatic rings. The van der Waals surface area contributed by atoms with Crippen LogP contribution in [-0.4, -0.2) is 37.2 Å². The van der Waals surface area contributed by atoms with E-state index in [1.807, 2.05) is 0 Å². The molecule has 6 nitrogen and oxygen atoms in total. The zero-order valence-corrected chi connectivity index (χ0v) is 45.6. The first kappa shape index (κ1) is 65.8. The quantitative estimate of drug-likeness (QED) is 0.0262. The maximum Gasteiger partial charge on any atom is 0.306 e. The van der Waals surface area contributed by atoms with Gasteiger partial charge in [0.15, 0.2) is 6.10 Å². The molecule has 0 N–H and O–H groups in total. The summed E-state index contributed by atoms with van der Waals surface area (Å²) < 4.78 is 16.8. The third-order valence-electron chi connectivity index (χ3n) is 12.7. The Morgan fingerprint density at radius 3 is 0.928 bits per heavy atom. The third-order valence-corrected chi connectivity index (χ3v) is 12.7. The zero-order valence-electron chi connectivity index (χ0n) is 45.6. The van der Waals surface area contributed by atoms with Gasteiger partial charge in [0.2, 0.25) is 0 Å². The first-order valence-corrected chi connectivity index (χ1v) is 29.4. The summed E-state index contributed by atoms with van der Waals surface area (Å²) in [6.45, 7) is 6.49. The summed E-state index contributed by atoms with van der Waals surface area (Å²) in [6.07, 6.45) is 73.2. The number of hydrogen-bond donors (Lipinski definition) is 0. The van der Waals surface area contributed by atoms with E-state index in [0.29, 0.717) is 19.3 Å². The van der Waals surface area contributed by atoms with Crippen LogP contribution in [0.2, 0.25) is 0 Å². The van der Waals surface area contributed by atoms with Gasteiger partial charge in [0.1, 0.15) is 13.2 Å². The van der Waals surface area contributed by atoms with Crippen molar-refractivity contribution in [1.29, 1.82) is 0 Å². The molecule has 0 saturated carbocycles. The van der Waals surface area contributed by atoms with Crippen LogP contribution in [0.25, 0.3) is 0 Å². The van der Waals surface area contributed by atoms with Gasteiger partial charge in [-0.2, -0.15) is 0 Å². The lowest BCUT2D eigenvalue weighted by Crippen LogP contribution is -2.30. The molecule has 0 amide bonds. The lowest BCUT2D eigenvalue weighted by atomic mass is 10.0. The summed E-state index contributed by atoms with van der Waals surface area (Å²) in [5, 5.41) is 0. The highest BCUT2D eigenvalue weighted by Crippen LogP contribution is 2.16. The molecule has 1 atom stereocenters. The highest BCUT2D eigenvalue weighted by molar-refractivity contribution is 5.71. The van der Waals surface area contributed by atoms with Crippen LogP contribution in [-0.2, 0) is 28.6 Å². The smallest absolute Gasteiger partial charge is 0.306 e. The summed E-state index contributed by atoms with van der Waals surface area (Å²) in [6, 6.07) is 0. The van der Waals surface area contributed by atoms with E-state index < -0.39 is 6.10 Å². The summed E-state index contributed by atoms with van der Waals surface area (Å²) in [5.74, 6) is -0.920. The molecule has 6 heteroatoms. The molecule has 0 aromatic rings. The molecule has 0 saturated heterocycles. The molecular formula is C63H110O6. The minimum absolute atomic E-state index is 0.0898. The number of unbranched alkanes of at least 4 members (excludes halogenated alkanes) is 30. The van der Waals surface area contributed by atoms with E-state index in [2.05, 4.69) is 93.7 Å². The maximum absolute atomic E-state index is 12.9. The fraction of sp³-hybridized carbons (Fsp3) is 0.762. The predicted octanol–water partition coefficient (Wildman–Crippen LogP) is 19.8. The molecule has 0 heterocycles. The van der Waals surface area contributed by atoms with Crippen molar-refractivity contribution >= 4 is 17.9 Å². The van der Waals surface area contributed by atoms with E-state index in [1.54, 1.807) is 0 Å². The Kier molecular flexibility index (Phi) is 54.8. The summed E-state index contributed by atoms with van der Waals surface area (Å²) in [5.41, 5.74) is 0. The minimum atomic E-state index is -0.792. The van der Waals surface area contributed by atoms with Gasteiger partial charge in [0.05, 0.1) is 0 Å². The Labute approximate surface area is 427 Å². The monoisotopic (exact) mass is 963 g/mol. The van der Waals surface area contributed by atoms with Gasteiger partial charge in [-0.1, -0.05) is 254 Å². The molecular weight excluding hydrogens is 853 g/mol. The predicted molar refractivity (Wildman–Crippen MR) is 298 cm³/mol. The SMILES string of the molecule is CC/C=C\C/C=C\C/C=C\CCCCCC(=O)OCC(COC(=O)CCCCCCCC/C=C\C/C=C\C/C=C\CCCCC)OC(=O)CCCCCCCCCCCCCCCCCCCCC. The fourth-order valence-corrected chi connectivity index (χ4v) is 8.29. The van der Waals surface area contributed by atoms with Gasteiger partial charge in [0.25, 0.3) is 0 Å². The maximum atomic E-state index is 12.9. The second-order valence-electron chi connectivity index (χ2n) is 19.5. The van der Waals surface area contributed by atoms with Crippen molar-refractivity contribution in [3.05, 3.63) is 72.9 Å². The Hall–Kier alpha value is -3.15. The minimum Gasteiger partial charge on any atom is -0.462 e. The average Bonchev–Trinajstić information content (AvgIpc) is 3.35. The van der Waals surface area contributed by atoms with Crippen LogP contribution in [0.5, 0.6) is 0 Å². The molecule has 0 bridgehead atoms. The Balaban J connectivity index is 4.38. The van der Waals surface area contributed by atoms with Crippen LogP contribution < -0.4 is 0 Å². The van der Waals surface area contributed by atoms with E-state index in [9.17, 15) is 14.4 Å².